The Bertz CT molecular complexity index is 683. The lowest BCUT2D eigenvalue weighted by molar-refractivity contribution is 0.402. The normalized spacial score (nSPS) is 11.5. The number of rotatable bonds is 7. The molecule has 0 saturated heterocycles. The van der Waals surface area contributed by atoms with E-state index in [-0.39, 0.29) is 4.90 Å². The molecule has 0 radical (unpaired) electrons. The molecule has 8 heteroatoms. The Balaban J connectivity index is 1.99. The summed E-state index contributed by atoms with van der Waals surface area (Å²) in [5.74, 6) is 1.07. The third-order valence-corrected chi connectivity index (χ3v) is 4.44. The maximum atomic E-state index is 12.3. The summed E-state index contributed by atoms with van der Waals surface area (Å²) < 4.78 is 32.3. The van der Waals surface area contributed by atoms with Crippen LogP contribution in [0, 0.1) is 6.92 Å². The molecule has 0 unspecified atom stereocenters. The van der Waals surface area contributed by atoms with Crippen molar-refractivity contribution in [3.05, 3.63) is 35.9 Å². The molecule has 0 fully saturated rings. The SMILES string of the molecule is COc1ccc(C)cc1S(=O)(=O)NCCCc1ncn[nH]1. The van der Waals surface area contributed by atoms with Gasteiger partial charge in [0, 0.05) is 13.0 Å². The van der Waals surface area contributed by atoms with E-state index >= 15 is 0 Å². The van der Waals surface area contributed by atoms with Gasteiger partial charge in [-0.15, -0.1) is 0 Å². The lowest BCUT2D eigenvalue weighted by atomic mass is 10.2. The van der Waals surface area contributed by atoms with Crippen molar-refractivity contribution in [2.45, 2.75) is 24.7 Å². The van der Waals surface area contributed by atoms with Crippen LogP contribution in [0.1, 0.15) is 17.8 Å². The lowest BCUT2D eigenvalue weighted by Gasteiger charge is -2.11. The minimum atomic E-state index is -3.59. The molecule has 2 aromatic rings. The molecular formula is C13H18N4O3S. The summed E-state index contributed by atoms with van der Waals surface area (Å²) in [6.45, 7) is 2.16. The zero-order valence-corrected chi connectivity index (χ0v) is 12.8. The molecule has 7 nitrogen and oxygen atoms in total. The Kier molecular flexibility index (Phi) is 4.92. The molecule has 1 aromatic carbocycles. The monoisotopic (exact) mass is 310 g/mol. The summed E-state index contributed by atoms with van der Waals surface area (Å²) in [6.07, 6.45) is 2.69. The lowest BCUT2D eigenvalue weighted by Crippen LogP contribution is -2.25. The summed E-state index contributed by atoms with van der Waals surface area (Å²) in [7, 11) is -2.14. The second-order valence-electron chi connectivity index (χ2n) is 4.59. The number of aromatic amines is 1. The fourth-order valence-corrected chi connectivity index (χ4v) is 3.21. The van der Waals surface area contributed by atoms with Crippen molar-refractivity contribution in [2.24, 2.45) is 0 Å². The second-order valence-corrected chi connectivity index (χ2v) is 6.32. The number of hydrogen-bond donors (Lipinski definition) is 2. The molecule has 0 amide bonds. The highest BCUT2D eigenvalue weighted by Gasteiger charge is 2.19. The Morgan fingerprint density at radius 1 is 1.38 bits per heavy atom. The average Bonchev–Trinajstić information content (AvgIpc) is 2.97. The standard InChI is InChI=1S/C13H18N4O3S/c1-10-5-6-11(20-2)12(8-10)21(18,19)16-7-3-4-13-14-9-15-17-13/h5-6,8-9,16H,3-4,7H2,1-2H3,(H,14,15,17). The molecule has 114 valence electrons. The number of benzene rings is 1. The molecule has 2 rings (SSSR count). The van der Waals surface area contributed by atoms with Gasteiger partial charge in [-0.3, -0.25) is 5.10 Å². The van der Waals surface area contributed by atoms with Crippen molar-refractivity contribution in [3.8, 4) is 5.75 Å². The van der Waals surface area contributed by atoms with Gasteiger partial charge >= 0.3 is 0 Å². The molecule has 0 saturated carbocycles. The summed E-state index contributed by atoms with van der Waals surface area (Å²) in [5, 5.41) is 6.47. The average molecular weight is 310 g/mol. The molecule has 0 aliphatic heterocycles. The van der Waals surface area contributed by atoms with E-state index in [2.05, 4.69) is 19.9 Å². The summed E-state index contributed by atoms with van der Waals surface area (Å²) >= 11 is 0. The minimum absolute atomic E-state index is 0.157. The van der Waals surface area contributed by atoms with Gasteiger partial charge in [0.25, 0.3) is 0 Å². The largest absolute Gasteiger partial charge is 0.495 e. The van der Waals surface area contributed by atoms with E-state index in [1.807, 2.05) is 13.0 Å². The van der Waals surface area contributed by atoms with Gasteiger partial charge in [-0.05, 0) is 31.0 Å². The number of methoxy groups -OCH3 is 1. The predicted molar refractivity (Wildman–Crippen MR) is 77.6 cm³/mol. The number of H-pyrrole nitrogens is 1. The number of sulfonamides is 1. The molecule has 2 N–H and O–H groups in total. The van der Waals surface area contributed by atoms with Crippen LogP contribution in [0.15, 0.2) is 29.4 Å². The fourth-order valence-electron chi connectivity index (χ4n) is 1.89. The van der Waals surface area contributed by atoms with Gasteiger partial charge in [-0.1, -0.05) is 6.07 Å². The van der Waals surface area contributed by atoms with Crippen molar-refractivity contribution in [1.82, 2.24) is 19.9 Å². The van der Waals surface area contributed by atoms with E-state index < -0.39 is 10.0 Å². The van der Waals surface area contributed by atoms with Crippen LogP contribution in [0.2, 0.25) is 0 Å². The zero-order valence-electron chi connectivity index (χ0n) is 12.0. The van der Waals surface area contributed by atoms with Crippen LogP contribution < -0.4 is 9.46 Å². The molecule has 0 bridgehead atoms. The van der Waals surface area contributed by atoms with Crippen molar-refractivity contribution >= 4 is 10.0 Å². The number of nitrogens with zero attached hydrogens (tertiary/aromatic N) is 2. The highest BCUT2D eigenvalue weighted by molar-refractivity contribution is 7.89. The molecule has 1 aromatic heterocycles. The summed E-state index contributed by atoms with van der Waals surface area (Å²) in [6, 6.07) is 5.05. The van der Waals surface area contributed by atoms with E-state index in [9.17, 15) is 8.42 Å². The van der Waals surface area contributed by atoms with E-state index in [4.69, 9.17) is 4.74 Å². The first-order valence-corrected chi connectivity index (χ1v) is 8.00. The molecule has 21 heavy (non-hydrogen) atoms. The van der Waals surface area contributed by atoms with Gasteiger partial charge < -0.3 is 4.74 Å². The Morgan fingerprint density at radius 3 is 2.86 bits per heavy atom. The Labute approximate surface area is 123 Å². The maximum absolute atomic E-state index is 12.3. The first-order valence-electron chi connectivity index (χ1n) is 6.51. The number of aromatic nitrogens is 3. The van der Waals surface area contributed by atoms with E-state index in [1.54, 1.807) is 12.1 Å². The minimum Gasteiger partial charge on any atom is -0.495 e. The molecular weight excluding hydrogens is 292 g/mol. The van der Waals surface area contributed by atoms with Gasteiger partial charge in [0.2, 0.25) is 10.0 Å². The number of ether oxygens (including phenoxy) is 1. The quantitative estimate of drug-likeness (QED) is 0.745. The number of aryl methyl sites for hydroxylation is 2. The van der Waals surface area contributed by atoms with Crippen LogP contribution in [0.25, 0.3) is 0 Å². The smallest absolute Gasteiger partial charge is 0.244 e. The molecule has 1 heterocycles. The third kappa shape index (κ3) is 4.02. The molecule has 0 spiro atoms. The first-order chi connectivity index (χ1) is 10.0. The van der Waals surface area contributed by atoms with Crippen LogP contribution in [0.5, 0.6) is 5.75 Å². The fraction of sp³-hybridized carbons (Fsp3) is 0.385. The molecule has 0 aliphatic rings. The topological polar surface area (TPSA) is 97.0 Å². The van der Waals surface area contributed by atoms with Crippen molar-refractivity contribution < 1.29 is 13.2 Å². The van der Waals surface area contributed by atoms with Gasteiger partial charge in [0.15, 0.2) is 0 Å². The van der Waals surface area contributed by atoms with Gasteiger partial charge in [0.1, 0.15) is 22.8 Å². The number of nitrogens with one attached hydrogen (secondary N) is 2. The van der Waals surface area contributed by atoms with Crippen molar-refractivity contribution in [1.29, 1.82) is 0 Å². The highest BCUT2D eigenvalue weighted by atomic mass is 32.2. The van der Waals surface area contributed by atoms with Crippen LogP contribution in [0.4, 0.5) is 0 Å². The van der Waals surface area contributed by atoms with Crippen molar-refractivity contribution in [3.63, 3.8) is 0 Å². The maximum Gasteiger partial charge on any atom is 0.244 e. The van der Waals surface area contributed by atoms with Crippen LogP contribution in [-0.2, 0) is 16.4 Å². The van der Waals surface area contributed by atoms with E-state index in [0.717, 1.165) is 11.4 Å². The van der Waals surface area contributed by atoms with Gasteiger partial charge in [0.05, 0.1) is 7.11 Å². The van der Waals surface area contributed by atoms with Crippen LogP contribution >= 0.6 is 0 Å². The molecule has 0 aliphatic carbocycles. The third-order valence-electron chi connectivity index (χ3n) is 2.96. The summed E-state index contributed by atoms with van der Waals surface area (Å²) in [4.78, 5) is 4.14. The van der Waals surface area contributed by atoms with Gasteiger partial charge in [-0.2, -0.15) is 5.10 Å². The second kappa shape index (κ2) is 6.68. The zero-order chi connectivity index (χ0) is 15.3. The Hall–Kier alpha value is -1.93. The predicted octanol–water partition coefficient (Wildman–Crippen LogP) is 1.03. The van der Waals surface area contributed by atoms with Crippen LogP contribution in [-0.4, -0.2) is 37.3 Å². The number of hydrogen-bond acceptors (Lipinski definition) is 5. The Morgan fingerprint density at radius 2 is 2.19 bits per heavy atom. The van der Waals surface area contributed by atoms with Crippen molar-refractivity contribution in [2.75, 3.05) is 13.7 Å². The summed E-state index contributed by atoms with van der Waals surface area (Å²) in [5.41, 5.74) is 0.859. The van der Waals surface area contributed by atoms with Gasteiger partial charge in [-0.25, -0.2) is 18.1 Å². The highest BCUT2D eigenvalue weighted by Crippen LogP contribution is 2.24. The van der Waals surface area contributed by atoms with Crippen LogP contribution in [0.3, 0.4) is 0 Å². The first kappa shape index (κ1) is 15.5. The van der Waals surface area contributed by atoms with E-state index in [1.165, 1.54) is 13.4 Å². The molecule has 0 atom stereocenters. The van der Waals surface area contributed by atoms with E-state index in [0.29, 0.717) is 25.1 Å².